The Bertz CT molecular complexity index is 193. The third-order valence-electron chi connectivity index (χ3n) is 3.44. The fraction of sp³-hybridized carbons (Fsp3) is 0.900. The van der Waals surface area contributed by atoms with E-state index in [4.69, 9.17) is 0 Å². The Morgan fingerprint density at radius 2 is 2.31 bits per heavy atom. The number of nitrogens with one attached hydrogen (secondary N) is 1. The summed E-state index contributed by atoms with van der Waals surface area (Å²) in [5, 5.41) is 12.4. The number of piperidine rings is 1. The molecular formula is C10H19NO2. The van der Waals surface area contributed by atoms with Crippen molar-refractivity contribution < 1.29 is 9.90 Å². The van der Waals surface area contributed by atoms with E-state index in [9.17, 15) is 9.90 Å². The zero-order valence-electron chi connectivity index (χ0n) is 8.47. The molecule has 2 N–H and O–H groups in total. The molecule has 0 radical (unpaired) electrons. The molecule has 13 heavy (non-hydrogen) atoms. The lowest BCUT2D eigenvalue weighted by atomic mass is 9.68. The number of carboxylic acid groups (broad SMARTS) is 1. The van der Waals surface area contributed by atoms with Crippen LogP contribution in [0.2, 0.25) is 0 Å². The number of hydrogen-bond donors (Lipinski definition) is 2. The summed E-state index contributed by atoms with van der Waals surface area (Å²) in [6.07, 6.45) is 2.70. The number of rotatable bonds is 3. The van der Waals surface area contributed by atoms with Crippen molar-refractivity contribution >= 4 is 5.97 Å². The summed E-state index contributed by atoms with van der Waals surface area (Å²) < 4.78 is 0. The molecule has 0 bridgehead atoms. The highest BCUT2D eigenvalue weighted by molar-refractivity contribution is 5.75. The van der Waals surface area contributed by atoms with Crippen LogP contribution in [0.4, 0.5) is 0 Å². The fourth-order valence-electron chi connectivity index (χ4n) is 2.42. The molecule has 0 amide bonds. The molecule has 1 heterocycles. The lowest BCUT2D eigenvalue weighted by Gasteiger charge is -2.40. The molecule has 1 rings (SSSR count). The van der Waals surface area contributed by atoms with Gasteiger partial charge < -0.3 is 10.4 Å². The van der Waals surface area contributed by atoms with E-state index >= 15 is 0 Å². The molecule has 0 aromatic heterocycles. The van der Waals surface area contributed by atoms with Crippen LogP contribution in [0.3, 0.4) is 0 Å². The van der Waals surface area contributed by atoms with Gasteiger partial charge in [0.2, 0.25) is 0 Å². The van der Waals surface area contributed by atoms with Crippen molar-refractivity contribution in [1.29, 1.82) is 0 Å². The minimum absolute atomic E-state index is 0.344. The van der Waals surface area contributed by atoms with Gasteiger partial charge in [-0.1, -0.05) is 20.3 Å². The van der Waals surface area contributed by atoms with Crippen LogP contribution in [-0.4, -0.2) is 24.2 Å². The Labute approximate surface area is 79.5 Å². The maximum absolute atomic E-state index is 11.2. The van der Waals surface area contributed by atoms with E-state index in [0.717, 1.165) is 25.8 Å². The molecule has 3 nitrogen and oxygen atoms in total. The molecule has 0 aromatic rings. The quantitative estimate of drug-likeness (QED) is 0.700. The Morgan fingerprint density at radius 1 is 1.62 bits per heavy atom. The molecule has 0 aliphatic carbocycles. The van der Waals surface area contributed by atoms with Crippen LogP contribution in [-0.2, 0) is 4.79 Å². The van der Waals surface area contributed by atoms with Crippen molar-refractivity contribution in [2.75, 3.05) is 13.1 Å². The monoisotopic (exact) mass is 185 g/mol. The van der Waals surface area contributed by atoms with E-state index in [1.165, 1.54) is 0 Å². The molecule has 2 atom stereocenters. The van der Waals surface area contributed by atoms with E-state index < -0.39 is 11.4 Å². The molecular weight excluding hydrogens is 166 g/mol. The standard InChI is InChI=1S/C10H19NO2/c1-3-8-5-6-11-7-10(8,4-2)9(12)13/h8,11H,3-7H2,1-2H3,(H,12,13). The topological polar surface area (TPSA) is 49.3 Å². The van der Waals surface area contributed by atoms with Crippen molar-refractivity contribution in [1.82, 2.24) is 5.32 Å². The van der Waals surface area contributed by atoms with Crippen LogP contribution < -0.4 is 5.32 Å². The fourth-order valence-corrected chi connectivity index (χ4v) is 2.42. The van der Waals surface area contributed by atoms with E-state index in [-0.39, 0.29) is 0 Å². The normalized spacial score (nSPS) is 34.5. The largest absolute Gasteiger partial charge is 0.481 e. The van der Waals surface area contributed by atoms with Gasteiger partial charge in [-0.25, -0.2) is 0 Å². The molecule has 1 saturated heterocycles. The Hall–Kier alpha value is -0.570. The van der Waals surface area contributed by atoms with Crippen molar-refractivity contribution in [2.24, 2.45) is 11.3 Å². The average Bonchev–Trinajstić information content (AvgIpc) is 2.17. The predicted molar refractivity (Wildman–Crippen MR) is 51.6 cm³/mol. The molecule has 76 valence electrons. The van der Waals surface area contributed by atoms with Gasteiger partial charge >= 0.3 is 5.97 Å². The van der Waals surface area contributed by atoms with Crippen LogP contribution in [0.5, 0.6) is 0 Å². The molecule has 1 aliphatic heterocycles. The summed E-state index contributed by atoms with van der Waals surface area (Å²) in [5.41, 5.74) is -0.507. The maximum atomic E-state index is 11.2. The van der Waals surface area contributed by atoms with Crippen molar-refractivity contribution in [3.8, 4) is 0 Å². The van der Waals surface area contributed by atoms with Gasteiger partial charge in [-0.05, 0) is 25.3 Å². The minimum atomic E-state index is -0.631. The van der Waals surface area contributed by atoms with Crippen LogP contribution in [0.15, 0.2) is 0 Å². The molecule has 0 spiro atoms. The summed E-state index contributed by atoms with van der Waals surface area (Å²) in [4.78, 5) is 11.2. The lowest BCUT2D eigenvalue weighted by molar-refractivity contribution is -0.154. The van der Waals surface area contributed by atoms with E-state index in [1.54, 1.807) is 0 Å². The molecule has 1 aliphatic rings. The van der Waals surface area contributed by atoms with Crippen LogP contribution in [0.1, 0.15) is 33.1 Å². The first kappa shape index (κ1) is 10.5. The van der Waals surface area contributed by atoms with E-state index in [1.807, 2.05) is 6.92 Å². The Balaban J connectivity index is 2.84. The molecule has 0 aromatic carbocycles. The van der Waals surface area contributed by atoms with Gasteiger partial charge in [-0.2, -0.15) is 0 Å². The minimum Gasteiger partial charge on any atom is -0.481 e. The van der Waals surface area contributed by atoms with Crippen molar-refractivity contribution in [3.05, 3.63) is 0 Å². The molecule has 2 unspecified atom stereocenters. The van der Waals surface area contributed by atoms with Crippen LogP contribution in [0.25, 0.3) is 0 Å². The number of aliphatic carboxylic acids is 1. The smallest absolute Gasteiger partial charge is 0.311 e. The summed E-state index contributed by atoms with van der Waals surface area (Å²) in [5.74, 6) is -0.287. The second-order valence-corrected chi connectivity index (χ2v) is 3.89. The summed E-state index contributed by atoms with van der Waals surface area (Å²) in [7, 11) is 0. The van der Waals surface area contributed by atoms with Crippen LogP contribution in [0, 0.1) is 11.3 Å². The number of hydrogen-bond acceptors (Lipinski definition) is 2. The highest BCUT2D eigenvalue weighted by Crippen LogP contribution is 2.38. The molecule has 0 saturated carbocycles. The Kier molecular flexibility index (Phi) is 3.31. The van der Waals surface area contributed by atoms with Gasteiger partial charge in [-0.15, -0.1) is 0 Å². The highest BCUT2D eigenvalue weighted by Gasteiger charge is 2.44. The lowest BCUT2D eigenvalue weighted by Crippen LogP contribution is -2.51. The van der Waals surface area contributed by atoms with Gasteiger partial charge in [-0.3, -0.25) is 4.79 Å². The van der Waals surface area contributed by atoms with E-state index in [2.05, 4.69) is 12.2 Å². The highest BCUT2D eigenvalue weighted by atomic mass is 16.4. The van der Waals surface area contributed by atoms with Gasteiger partial charge in [0.25, 0.3) is 0 Å². The number of carboxylic acids is 1. The third kappa shape index (κ3) is 1.70. The number of carbonyl (C=O) groups is 1. The van der Waals surface area contributed by atoms with Gasteiger partial charge in [0.15, 0.2) is 0 Å². The summed E-state index contributed by atoms with van der Waals surface area (Å²) in [6.45, 7) is 5.66. The first-order valence-electron chi connectivity index (χ1n) is 5.11. The predicted octanol–water partition coefficient (Wildman–Crippen LogP) is 1.49. The second-order valence-electron chi connectivity index (χ2n) is 3.89. The van der Waals surface area contributed by atoms with Gasteiger partial charge in [0, 0.05) is 6.54 Å². The first-order valence-corrected chi connectivity index (χ1v) is 5.11. The van der Waals surface area contributed by atoms with E-state index in [0.29, 0.717) is 12.5 Å². The third-order valence-corrected chi connectivity index (χ3v) is 3.44. The summed E-state index contributed by atoms with van der Waals surface area (Å²) in [6, 6.07) is 0. The Morgan fingerprint density at radius 3 is 2.69 bits per heavy atom. The SMILES string of the molecule is CCC1CCNCC1(CC)C(=O)O. The average molecular weight is 185 g/mol. The van der Waals surface area contributed by atoms with Crippen molar-refractivity contribution in [3.63, 3.8) is 0 Å². The first-order chi connectivity index (χ1) is 6.17. The van der Waals surface area contributed by atoms with Crippen molar-refractivity contribution in [2.45, 2.75) is 33.1 Å². The maximum Gasteiger partial charge on any atom is 0.311 e. The second kappa shape index (κ2) is 4.09. The van der Waals surface area contributed by atoms with Gasteiger partial charge in [0.05, 0.1) is 5.41 Å². The van der Waals surface area contributed by atoms with Gasteiger partial charge in [0.1, 0.15) is 0 Å². The zero-order chi connectivity index (χ0) is 9.90. The summed E-state index contributed by atoms with van der Waals surface area (Å²) >= 11 is 0. The zero-order valence-corrected chi connectivity index (χ0v) is 8.47. The van der Waals surface area contributed by atoms with Crippen LogP contribution >= 0.6 is 0 Å². The molecule has 3 heteroatoms. The molecule has 1 fully saturated rings.